The zero-order valence-corrected chi connectivity index (χ0v) is 7.54. The molecule has 1 unspecified atom stereocenters. The monoisotopic (exact) mass is 160 g/mol. The van der Waals surface area contributed by atoms with E-state index in [0.29, 0.717) is 6.61 Å². The third-order valence-electron chi connectivity index (χ3n) is 1.49. The molecule has 0 N–H and O–H groups in total. The second-order valence-corrected chi connectivity index (χ2v) is 3.16. The maximum atomic E-state index is 10.9. The lowest BCUT2D eigenvalue weighted by Crippen LogP contribution is -2.32. The summed E-state index contributed by atoms with van der Waals surface area (Å²) in [5.74, 6) is -0.166. The summed E-state index contributed by atoms with van der Waals surface area (Å²) in [7, 11) is -0.464. The summed E-state index contributed by atoms with van der Waals surface area (Å²) in [5.41, 5.74) is 0. The van der Waals surface area contributed by atoms with Crippen molar-refractivity contribution in [3.8, 4) is 0 Å². The number of esters is 1. The standard InChI is InChI=1S/C6H12O3Si/c1-10-9-5-3-2-4-8-6(5)7/h5H,2-4,10H2,1H3. The van der Waals surface area contributed by atoms with E-state index in [2.05, 4.69) is 0 Å². The van der Waals surface area contributed by atoms with Gasteiger partial charge < -0.3 is 9.16 Å². The summed E-state index contributed by atoms with van der Waals surface area (Å²) in [4.78, 5) is 10.9. The van der Waals surface area contributed by atoms with Crippen LogP contribution in [-0.4, -0.2) is 28.4 Å². The number of hydrogen-bond acceptors (Lipinski definition) is 3. The van der Waals surface area contributed by atoms with Crippen LogP contribution in [0.15, 0.2) is 0 Å². The van der Waals surface area contributed by atoms with Crippen molar-refractivity contribution >= 4 is 15.7 Å². The molecule has 1 heterocycles. The third-order valence-corrected chi connectivity index (χ3v) is 2.22. The Balaban J connectivity index is 2.32. The van der Waals surface area contributed by atoms with Crippen molar-refractivity contribution in [2.45, 2.75) is 25.5 Å². The smallest absolute Gasteiger partial charge is 0.333 e. The first kappa shape index (κ1) is 7.75. The zero-order valence-electron chi connectivity index (χ0n) is 6.13. The molecule has 0 radical (unpaired) electrons. The van der Waals surface area contributed by atoms with E-state index in [4.69, 9.17) is 9.16 Å². The molecule has 0 aromatic carbocycles. The normalized spacial score (nSPS) is 27.3. The topological polar surface area (TPSA) is 35.5 Å². The van der Waals surface area contributed by atoms with Gasteiger partial charge in [-0.05, 0) is 12.8 Å². The molecule has 0 aromatic rings. The lowest BCUT2D eigenvalue weighted by molar-refractivity contribution is -0.156. The fourth-order valence-corrected chi connectivity index (χ4v) is 1.71. The Bertz CT molecular complexity index is 124. The molecule has 1 aliphatic rings. The highest BCUT2D eigenvalue weighted by molar-refractivity contribution is 6.25. The van der Waals surface area contributed by atoms with E-state index in [-0.39, 0.29) is 12.1 Å². The van der Waals surface area contributed by atoms with Gasteiger partial charge in [-0.3, -0.25) is 0 Å². The first-order valence-corrected chi connectivity index (χ1v) is 5.62. The second kappa shape index (κ2) is 3.73. The van der Waals surface area contributed by atoms with E-state index >= 15 is 0 Å². The first-order chi connectivity index (χ1) is 4.84. The number of cyclic esters (lactones) is 1. The van der Waals surface area contributed by atoms with Crippen LogP contribution in [0.1, 0.15) is 12.8 Å². The van der Waals surface area contributed by atoms with Crippen molar-refractivity contribution in [2.75, 3.05) is 6.61 Å². The summed E-state index contributed by atoms with van der Waals surface area (Å²) >= 11 is 0. The van der Waals surface area contributed by atoms with Gasteiger partial charge in [0.05, 0.1) is 6.61 Å². The van der Waals surface area contributed by atoms with Crippen LogP contribution >= 0.6 is 0 Å². The molecule has 3 nitrogen and oxygen atoms in total. The molecule has 58 valence electrons. The Morgan fingerprint density at radius 1 is 1.80 bits per heavy atom. The van der Waals surface area contributed by atoms with Crippen LogP contribution in [0, 0.1) is 0 Å². The largest absolute Gasteiger partial charge is 0.464 e. The van der Waals surface area contributed by atoms with E-state index in [9.17, 15) is 4.79 Å². The van der Waals surface area contributed by atoms with Gasteiger partial charge >= 0.3 is 5.97 Å². The van der Waals surface area contributed by atoms with Gasteiger partial charge in [-0.1, -0.05) is 6.55 Å². The molecule has 1 rings (SSSR count). The summed E-state index contributed by atoms with van der Waals surface area (Å²) in [6.45, 7) is 2.59. The first-order valence-electron chi connectivity index (χ1n) is 3.63. The minimum atomic E-state index is -0.464. The molecule has 0 saturated carbocycles. The van der Waals surface area contributed by atoms with Crippen molar-refractivity contribution in [3.63, 3.8) is 0 Å². The molecule has 1 aliphatic heterocycles. The van der Waals surface area contributed by atoms with Gasteiger partial charge in [0.15, 0.2) is 9.76 Å². The van der Waals surface area contributed by atoms with Crippen LogP contribution in [0.2, 0.25) is 6.55 Å². The summed E-state index contributed by atoms with van der Waals surface area (Å²) in [6.07, 6.45) is 1.57. The molecule has 0 aromatic heterocycles. The van der Waals surface area contributed by atoms with Crippen LogP contribution in [0.25, 0.3) is 0 Å². The molecule has 0 bridgehead atoms. The van der Waals surface area contributed by atoms with Gasteiger partial charge in [-0.15, -0.1) is 0 Å². The lowest BCUT2D eigenvalue weighted by atomic mass is 10.2. The number of ether oxygens (including phenoxy) is 1. The summed E-state index contributed by atoms with van der Waals surface area (Å²) < 4.78 is 10.1. The van der Waals surface area contributed by atoms with Gasteiger partial charge in [0.2, 0.25) is 0 Å². The van der Waals surface area contributed by atoms with Gasteiger partial charge in [-0.2, -0.15) is 0 Å². The van der Waals surface area contributed by atoms with Crippen LogP contribution < -0.4 is 0 Å². The van der Waals surface area contributed by atoms with Gasteiger partial charge in [0.25, 0.3) is 0 Å². The van der Waals surface area contributed by atoms with E-state index in [1.165, 1.54) is 0 Å². The van der Waals surface area contributed by atoms with Gasteiger partial charge in [-0.25, -0.2) is 4.79 Å². The SMILES string of the molecule is C[SiH2]OC1CCCOC1=O. The van der Waals surface area contributed by atoms with Crippen LogP contribution in [0.3, 0.4) is 0 Å². The fourth-order valence-electron chi connectivity index (χ4n) is 1.00. The number of carbonyl (C=O) groups excluding carboxylic acids is 1. The lowest BCUT2D eigenvalue weighted by Gasteiger charge is -2.20. The van der Waals surface area contributed by atoms with Crippen LogP contribution in [0.4, 0.5) is 0 Å². The number of carbonyl (C=O) groups is 1. The van der Waals surface area contributed by atoms with Crippen LogP contribution in [-0.2, 0) is 14.0 Å². The Hall–Kier alpha value is -0.353. The van der Waals surface area contributed by atoms with Crippen molar-refractivity contribution in [3.05, 3.63) is 0 Å². The number of rotatable bonds is 2. The van der Waals surface area contributed by atoms with Crippen molar-refractivity contribution in [1.82, 2.24) is 0 Å². The van der Waals surface area contributed by atoms with E-state index in [0.717, 1.165) is 12.8 Å². The predicted octanol–water partition coefficient (Wildman–Crippen LogP) is -0.160. The highest BCUT2D eigenvalue weighted by Crippen LogP contribution is 2.10. The second-order valence-electron chi connectivity index (χ2n) is 2.25. The maximum Gasteiger partial charge on any atom is 0.333 e. The summed E-state index contributed by atoms with van der Waals surface area (Å²) in [6, 6.07) is 0. The molecule has 1 fully saturated rings. The van der Waals surface area contributed by atoms with Crippen molar-refractivity contribution < 1.29 is 14.0 Å². The van der Waals surface area contributed by atoms with Crippen LogP contribution in [0.5, 0.6) is 0 Å². The minimum absolute atomic E-state index is 0.166. The molecule has 0 amide bonds. The van der Waals surface area contributed by atoms with E-state index < -0.39 is 9.76 Å². The van der Waals surface area contributed by atoms with Gasteiger partial charge in [0, 0.05) is 0 Å². The van der Waals surface area contributed by atoms with Gasteiger partial charge in [0.1, 0.15) is 6.10 Å². The van der Waals surface area contributed by atoms with Crippen molar-refractivity contribution in [1.29, 1.82) is 0 Å². The molecular formula is C6H12O3Si. The highest BCUT2D eigenvalue weighted by Gasteiger charge is 2.23. The molecule has 10 heavy (non-hydrogen) atoms. The molecule has 1 saturated heterocycles. The average Bonchev–Trinajstić information content (AvgIpc) is 1.94. The molecular weight excluding hydrogens is 148 g/mol. The van der Waals surface area contributed by atoms with Crippen molar-refractivity contribution in [2.24, 2.45) is 0 Å². The van der Waals surface area contributed by atoms with E-state index in [1.54, 1.807) is 0 Å². The fraction of sp³-hybridized carbons (Fsp3) is 0.833. The minimum Gasteiger partial charge on any atom is -0.464 e. The zero-order chi connectivity index (χ0) is 7.40. The third kappa shape index (κ3) is 1.81. The average molecular weight is 160 g/mol. The Morgan fingerprint density at radius 3 is 3.20 bits per heavy atom. The number of hydrogen-bond donors (Lipinski definition) is 0. The predicted molar refractivity (Wildman–Crippen MR) is 39.5 cm³/mol. The quantitative estimate of drug-likeness (QED) is 0.416. The Kier molecular flexibility index (Phi) is 2.89. The highest BCUT2D eigenvalue weighted by atomic mass is 28.2. The summed E-state index contributed by atoms with van der Waals surface area (Å²) in [5, 5.41) is 0. The molecule has 1 atom stereocenters. The Morgan fingerprint density at radius 2 is 2.60 bits per heavy atom. The molecule has 4 heteroatoms. The van der Waals surface area contributed by atoms with E-state index in [1.807, 2.05) is 6.55 Å². The molecule has 0 aliphatic carbocycles. The Labute approximate surface area is 62.6 Å². The maximum absolute atomic E-state index is 10.9. The molecule has 0 spiro atoms.